The summed E-state index contributed by atoms with van der Waals surface area (Å²) in [6.45, 7) is 3.90. The van der Waals surface area contributed by atoms with Crippen LogP contribution in [0.15, 0.2) is 47.3 Å². The molecule has 4 aromatic rings. The molecule has 130 valence electrons. The number of aromatic nitrogens is 4. The fraction of sp³-hybridized carbons (Fsp3) is 0.150. The van der Waals surface area contributed by atoms with Gasteiger partial charge in [-0.2, -0.15) is 5.10 Å². The van der Waals surface area contributed by atoms with Crippen molar-refractivity contribution >= 4 is 33.5 Å². The number of halogens is 1. The third-order valence-electron chi connectivity index (χ3n) is 4.31. The fourth-order valence-electron chi connectivity index (χ4n) is 3.15. The van der Waals surface area contributed by atoms with Gasteiger partial charge in [-0.15, -0.1) is 0 Å². The number of hydrogen-bond donors (Lipinski definition) is 2. The summed E-state index contributed by atoms with van der Waals surface area (Å²) in [7, 11) is 0. The van der Waals surface area contributed by atoms with Gasteiger partial charge in [-0.1, -0.05) is 28.7 Å². The molecule has 0 amide bonds. The van der Waals surface area contributed by atoms with E-state index in [1.165, 1.54) is 5.56 Å². The van der Waals surface area contributed by atoms with Crippen molar-refractivity contribution in [3.63, 3.8) is 0 Å². The molecule has 3 heterocycles. The summed E-state index contributed by atoms with van der Waals surface area (Å²) in [6.07, 6.45) is 0. The molecule has 0 saturated carbocycles. The Morgan fingerprint density at radius 1 is 1.04 bits per heavy atom. The molecule has 0 atom stereocenters. The Balaban J connectivity index is 1.85. The van der Waals surface area contributed by atoms with Crippen LogP contribution in [0.3, 0.4) is 0 Å². The van der Waals surface area contributed by atoms with Gasteiger partial charge in [-0.25, -0.2) is 5.10 Å². The van der Waals surface area contributed by atoms with Crippen molar-refractivity contribution in [3.05, 3.63) is 69.8 Å². The Bertz CT molecular complexity index is 1160. The highest BCUT2D eigenvalue weighted by atomic mass is 127. The molecule has 0 aliphatic rings. The topological polar surface area (TPSA) is 74.4 Å². The highest BCUT2D eigenvalue weighted by Crippen LogP contribution is 2.26. The monoisotopic (exact) mass is 456 g/mol. The van der Waals surface area contributed by atoms with Gasteiger partial charge in [0.2, 0.25) is 0 Å². The van der Waals surface area contributed by atoms with E-state index in [1.807, 2.05) is 38.1 Å². The van der Waals surface area contributed by atoms with Crippen LogP contribution >= 0.6 is 22.6 Å². The van der Waals surface area contributed by atoms with Crippen molar-refractivity contribution in [1.29, 1.82) is 0 Å². The molecule has 26 heavy (non-hydrogen) atoms. The lowest BCUT2D eigenvalue weighted by molar-refractivity contribution is 0.993. The Morgan fingerprint density at radius 2 is 1.81 bits per heavy atom. The first kappa shape index (κ1) is 17.0. The normalized spacial score (nSPS) is 11.2. The van der Waals surface area contributed by atoms with Crippen LogP contribution in [0.2, 0.25) is 0 Å². The molecule has 0 unspecified atom stereocenters. The van der Waals surface area contributed by atoms with Crippen LogP contribution in [-0.4, -0.2) is 20.2 Å². The number of rotatable bonds is 3. The Labute approximate surface area is 164 Å². The van der Waals surface area contributed by atoms with E-state index in [2.05, 4.69) is 61.0 Å². The molecule has 0 radical (unpaired) electrons. The number of nitrogens with zero attached hydrogens (tertiary/aromatic N) is 2. The smallest absolute Gasteiger partial charge is 0.273 e. The van der Waals surface area contributed by atoms with E-state index in [0.29, 0.717) is 5.56 Å². The third kappa shape index (κ3) is 3.16. The van der Waals surface area contributed by atoms with Crippen LogP contribution in [-0.2, 0) is 4.43 Å². The number of benzene rings is 1. The molecule has 1 aromatic carbocycles. The molecule has 0 aliphatic carbocycles. The van der Waals surface area contributed by atoms with Gasteiger partial charge < -0.3 is 4.98 Å². The van der Waals surface area contributed by atoms with Gasteiger partial charge in [0.1, 0.15) is 0 Å². The number of fused-ring (bicyclic) bond motifs is 1. The Kier molecular flexibility index (Phi) is 4.36. The SMILES string of the molecule is Cc1cc(-c2cc(-c3cc4cc(CI)ccc4[nH]3)c(=O)[nH]n2)cc(C)n1. The summed E-state index contributed by atoms with van der Waals surface area (Å²) in [5.74, 6) is 0. The van der Waals surface area contributed by atoms with E-state index in [9.17, 15) is 4.79 Å². The van der Waals surface area contributed by atoms with Gasteiger partial charge in [0.05, 0.1) is 17.0 Å². The zero-order valence-corrected chi connectivity index (χ0v) is 16.6. The molecule has 3 aromatic heterocycles. The largest absolute Gasteiger partial charge is 0.354 e. The van der Waals surface area contributed by atoms with Gasteiger partial charge in [0, 0.05) is 32.3 Å². The predicted molar refractivity (Wildman–Crippen MR) is 113 cm³/mol. The van der Waals surface area contributed by atoms with Gasteiger partial charge >= 0.3 is 0 Å². The maximum absolute atomic E-state index is 12.4. The van der Waals surface area contributed by atoms with E-state index in [0.717, 1.165) is 43.7 Å². The minimum atomic E-state index is -0.211. The first-order valence-corrected chi connectivity index (χ1v) is 9.79. The second kappa shape index (κ2) is 6.68. The van der Waals surface area contributed by atoms with Crippen LogP contribution in [0, 0.1) is 13.8 Å². The second-order valence-electron chi connectivity index (χ2n) is 6.37. The molecule has 6 heteroatoms. The molecule has 0 bridgehead atoms. The van der Waals surface area contributed by atoms with Crippen molar-refractivity contribution in [2.24, 2.45) is 0 Å². The van der Waals surface area contributed by atoms with E-state index in [-0.39, 0.29) is 5.56 Å². The summed E-state index contributed by atoms with van der Waals surface area (Å²) in [6, 6.07) is 14.1. The zero-order valence-electron chi connectivity index (χ0n) is 14.4. The first-order valence-electron chi connectivity index (χ1n) is 8.27. The summed E-state index contributed by atoms with van der Waals surface area (Å²) in [5.41, 5.74) is 6.94. The van der Waals surface area contributed by atoms with Crippen LogP contribution in [0.1, 0.15) is 17.0 Å². The summed E-state index contributed by atoms with van der Waals surface area (Å²) >= 11 is 2.35. The summed E-state index contributed by atoms with van der Waals surface area (Å²) < 4.78 is 0.953. The molecule has 0 saturated heterocycles. The quantitative estimate of drug-likeness (QED) is 0.352. The van der Waals surface area contributed by atoms with Gasteiger partial charge in [-0.3, -0.25) is 9.78 Å². The molecule has 0 fully saturated rings. The standard InChI is InChI=1S/C20H17IN4O/c1-11-5-14(6-12(2)22-11)18-9-16(20(26)25-24-18)19-8-15-7-13(10-21)3-4-17(15)23-19/h3-9,23H,10H2,1-2H3,(H,25,26). The predicted octanol–water partition coefficient (Wildman–Crippen LogP) is 4.53. The van der Waals surface area contributed by atoms with Crippen LogP contribution in [0.5, 0.6) is 0 Å². The Morgan fingerprint density at radius 3 is 2.54 bits per heavy atom. The first-order chi connectivity index (χ1) is 12.5. The summed E-state index contributed by atoms with van der Waals surface area (Å²) in [5, 5.41) is 7.94. The number of alkyl halides is 1. The fourth-order valence-corrected chi connectivity index (χ4v) is 3.62. The van der Waals surface area contributed by atoms with Crippen molar-refractivity contribution in [3.8, 4) is 22.5 Å². The average molecular weight is 456 g/mol. The van der Waals surface area contributed by atoms with Crippen molar-refractivity contribution in [2.45, 2.75) is 18.3 Å². The zero-order chi connectivity index (χ0) is 18.3. The third-order valence-corrected chi connectivity index (χ3v) is 5.19. The molecule has 0 spiro atoms. The number of aryl methyl sites for hydroxylation is 2. The molecular formula is C20H17IN4O. The number of hydrogen-bond acceptors (Lipinski definition) is 3. The number of H-pyrrole nitrogens is 2. The lowest BCUT2D eigenvalue weighted by atomic mass is 10.1. The van der Waals surface area contributed by atoms with E-state index < -0.39 is 0 Å². The molecule has 0 aliphatic heterocycles. The lowest BCUT2D eigenvalue weighted by Crippen LogP contribution is -2.11. The van der Waals surface area contributed by atoms with Gasteiger partial charge in [-0.05, 0) is 55.8 Å². The molecule has 4 rings (SSSR count). The van der Waals surface area contributed by atoms with Crippen LogP contribution < -0.4 is 5.56 Å². The molecule has 2 N–H and O–H groups in total. The van der Waals surface area contributed by atoms with Gasteiger partial charge in [0.25, 0.3) is 5.56 Å². The average Bonchev–Trinajstić information content (AvgIpc) is 3.04. The van der Waals surface area contributed by atoms with Crippen LogP contribution in [0.4, 0.5) is 0 Å². The number of pyridine rings is 1. The maximum Gasteiger partial charge on any atom is 0.273 e. The minimum Gasteiger partial charge on any atom is -0.354 e. The minimum absolute atomic E-state index is 0.211. The van der Waals surface area contributed by atoms with Crippen molar-refractivity contribution in [2.75, 3.05) is 0 Å². The van der Waals surface area contributed by atoms with E-state index in [4.69, 9.17) is 0 Å². The highest BCUT2D eigenvalue weighted by Gasteiger charge is 2.11. The van der Waals surface area contributed by atoms with Crippen molar-refractivity contribution in [1.82, 2.24) is 20.2 Å². The lowest BCUT2D eigenvalue weighted by Gasteiger charge is -2.05. The second-order valence-corrected chi connectivity index (χ2v) is 7.14. The van der Waals surface area contributed by atoms with Gasteiger partial charge in [0.15, 0.2) is 0 Å². The number of aromatic amines is 2. The molecular weight excluding hydrogens is 439 g/mol. The van der Waals surface area contributed by atoms with E-state index in [1.54, 1.807) is 0 Å². The van der Waals surface area contributed by atoms with E-state index >= 15 is 0 Å². The molecule has 5 nitrogen and oxygen atoms in total. The van der Waals surface area contributed by atoms with Crippen LogP contribution in [0.25, 0.3) is 33.4 Å². The van der Waals surface area contributed by atoms with Crippen molar-refractivity contribution < 1.29 is 0 Å². The Hall–Kier alpha value is -2.48. The number of nitrogens with one attached hydrogen (secondary N) is 2. The highest BCUT2D eigenvalue weighted by molar-refractivity contribution is 14.1. The maximum atomic E-state index is 12.4. The summed E-state index contributed by atoms with van der Waals surface area (Å²) in [4.78, 5) is 20.1.